The minimum Gasteiger partial charge on any atom is -0.339 e. The van der Waals surface area contributed by atoms with E-state index < -0.39 is 0 Å². The zero-order valence-corrected chi connectivity index (χ0v) is 14.2. The molecule has 122 valence electrons. The molecule has 2 aromatic heterocycles. The van der Waals surface area contributed by atoms with Crippen LogP contribution in [-0.4, -0.2) is 34.2 Å². The zero-order valence-electron chi connectivity index (χ0n) is 13.3. The number of anilines is 1. The first-order chi connectivity index (χ1) is 11.1. The van der Waals surface area contributed by atoms with Gasteiger partial charge in [0.15, 0.2) is 5.82 Å². The number of amides is 2. The molecular formula is C16H20N4O2S. The van der Waals surface area contributed by atoms with Crippen molar-refractivity contribution in [2.45, 2.75) is 38.5 Å². The Morgan fingerprint density at radius 3 is 3.04 bits per heavy atom. The summed E-state index contributed by atoms with van der Waals surface area (Å²) in [4.78, 5) is 19.0. The minimum atomic E-state index is -0.151. The molecule has 4 rings (SSSR count). The normalized spacial score (nSPS) is 26.5. The molecule has 1 N–H and O–H groups in total. The Labute approximate surface area is 138 Å². The molecule has 1 aliphatic heterocycles. The molecule has 1 saturated carbocycles. The summed E-state index contributed by atoms with van der Waals surface area (Å²) in [6.07, 6.45) is 3.29. The summed E-state index contributed by atoms with van der Waals surface area (Å²) in [5, 5.41) is 11.0. The third-order valence-electron chi connectivity index (χ3n) is 5.21. The van der Waals surface area contributed by atoms with Crippen molar-refractivity contribution in [2.24, 2.45) is 5.92 Å². The van der Waals surface area contributed by atoms with Gasteiger partial charge in [-0.25, -0.2) is 4.79 Å². The van der Waals surface area contributed by atoms with Gasteiger partial charge in [0.2, 0.25) is 5.89 Å². The van der Waals surface area contributed by atoms with E-state index in [-0.39, 0.29) is 11.4 Å². The summed E-state index contributed by atoms with van der Waals surface area (Å²) in [7, 11) is 0. The van der Waals surface area contributed by atoms with E-state index in [1.165, 1.54) is 0 Å². The molecular weight excluding hydrogens is 312 g/mol. The predicted octanol–water partition coefficient (Wildman–Crippen LogP) is 3.33. The van der Waals surface area contributed by atoms with Crippen LogP contribution < -0.4 is 5.32 Å². The maximum atomic E-state index is 12.6. The minimum absolute atomic E-state index is 0.0310. The molecule has 2 aromatic rings. The van der Waals surface area contributed by atoms with Crippen molar-refractivity contribution in [3.8, 4) is 0 Å². The van der Waals surface area contributed by atoms with Crippen molar-refractivity contribution in [1.82, 2.24) is 15.0 Å². The summed E-state index contributed by atoms with van der Waals surface area (Å²) in [6.45, 7) is 5.27. The second-order valence-electron chi connectivity index (χ2n) is 6.67. The van der Waals surface area contributed by atoms with Gasteiger partial charge in [0.25, 0.3) is 0 Å². The Morgan fingerprint density at radius 2 is 2.35 bits per heavy atom. The summed E-state index contributed by atoms with van der Waals surface area (Å²) in [6, 6.07) is -0.0310. The molecule has 23 heavy (non-hydrogen) atoms. The Morgan fingerprint density at radius 1 is 1.48 bits per heavy atom. The van der Waals surface area contributed by atoms with Crippen molar-refractivity contribution in [3.05, 3.63) is 28.0 Å². The van der Waals surface area contributed by atoms with Crippen molar-refractivity contribution < 1.29 is 9.32 Å². The first-order valence-corrected chi connectivity index (χ1v) is 8.92. The van der Waals surface area contributed by atoms with E-state index in [2.05, 4.69) is 15.5 Å². The monoisotopic (exact) mass is 332 g/mol. The Balaban J connectivity index is 1.55. The summed E-state index contributed by atoms with van der Waals surface area (Å²) < 4.78 is 5.49. The van der Waals surface area contributed by atoms with E-state index in [9.17, 15) is 4.79 Å². The molecule has 2 fully saturated rings. The molecule has 0 aromatic carbocycles. The van der Waals surface area contributed by atoms with Gasteiger partial charge in [-0.3, -0.25) is 0 Å². The number of urea groups is 1. The van der Waals surface area contributed by atoms with Gasteiger partial charge in [0.05, 0.1) is 11.1 Å². The molecule has 2 amide bonds. The van der Waals surface area contributed by atoms with Crippen molar-refractivity contribution in [2.75, 3.05) is 18.4 Å². The number of carbonyl (C=O) groups is 1. The van der Waals surface area contributed by atoms with Crippen LogP contribution in [0.3, 0.4) is 0 Å². The summed E-state index contributed by atoms with van der Waals surface area (Å²) in [5.41, 5.74) is 1.85. The van der Waals surface area contributed by atoms with E-state index in [4.69, 9.17) is 4.52 Å². The molecule has 1 saturated heterocycles. The highest BCUT2D eigenvalue weighted by molar-refractivity contribution is 7.08. The number of hydrogen-bond donors (Lipinski definition) is 1. The average Bonchev–Trinajstić information content (AvgIpc) is 3.23. The second-order valence-corrected chi connectivity index (χ2v) is 7.41. The van der Waals surface area contributed by atoms with E-state index in [0.29, 0.717) is 24.2 Å². The van der Waals surface area contributed by atoms with Gasteiger partial charge >= 0.3 is 6.03 Å². The van der Waals surface area contributed by atoms with E-state index in [1.54, 1.807) is 11.3 Å². The number of rotatable bonds is 2. The third-order valence-corrected chi connectivity index (χ3v) is 6.07. The number of likely N-dealkylation sites (tertiary alicyclic amines) is 1. The molecule has 2 atom stereocenters. The number of thiophene rings is 1. The molecule has 0 spiro atoms. The van der Waals surface area contributed by atoms with Crippen molar-refractivity contribution >= 4 is 23.1 Å². The van der Waals surface area contributed by atoms with Crippen molar-refractivity contribution in [1.29, 1.82) is 0 Å². The number of nitrogens with zero attached hydrogens (tertiary/aromatic N) is 3. The average molecular weight is 332 g/mol. The van der Waals surface area contributed by atoms with Crippen molar-refractivity contribution in [3.63, 3.8) is 0 Å². The third kappa shape index (κ3) is 2.34. The smallest absolute Gasteiger partial charge is 0.321 e. The number of nitrogens with one attached hydrogen (secondary N) is 1. The van der Waals surface area contributed by atoms with E-state index in [1.807, 2.05) is 29.5 Å². The van der Waals surface area contributed by atoms with E-state index >= 15 is 0 Å². The van der Waals surface area contributed by atoms with Gasteiger partial charge in [-0.1, -0.05) is 11.6 Å². The van der Waals surface area contributed by atoms with Gasteiger partial charge in [0, 0.05) is 18.5 Å². The van der Waals surface area contributed by atoms with Crippen LogP contribution in [0.1, 0.15) is 36.5 Å². The molecule has 3 heterocycles. The number of aromatic nitrogens is 2. The zero-order chi connectivity index (χ0) is 16.0. The fourth-order valence-electron chi connectivity index (χ4n) is 3.98. The van der Waals surface area contributed by atoms with Crippen LogP contribution in [0.25, 0.3) is 0 Å². The number of hydrogen-bond acceptors (Lipinski definition) is 5. The van der Waals surface area contributed by atoms with Crippen LogP contribution in [0.5, 0.6) is 0 Å². The fourth-order valence-corrected chi connectivity index (χ4v) is 4.76. The Bertz CT molecular complexity index is 740. The standard InChI is InChI=1S/C16H20N4O2S/c1-10-7-23-8-13(10)18-15(21)20-6-12-4-3-5-16(12,9-20)14-17-11(2)19-22-14/h7-8,12H,3-6,9H2,1-2H3,(H,18,21)/t12-,16-/m0/s1. The molecule has 7 heteroatoms. The van der Waals surface area contributed by atoms with Gasteiger partial charge in [-0.2, -0.15) is 4.98 Å². The molecule has 0 bridgehead atoms. The van der Waals surface area contributed by atoms with Crippen LogP contribution in [0.15, 0.2) is 15.3 Å². The van der Waals surface area contributed by atoms with Crippen LogP contribution >= 0.6 is 11.3 Å². The topological polar surface area (TPSA) is 71.3 Å². The van der Waals surface area contributed by atoms with Crippen LogP contribution in [0, 0.1) is 19.8 Å². The largest absolute Gasteiger partial charge is 0.339 e. The lowest BCUT2D eigenvalue weighted by atomic mass is 9.80. The van der Waals surface area contributed by atoms with E-state index in [0.717, 1.165) is 37.1 Å². The summed E-state index contributed by atoms with van der Waals surface area (Å²) in [5.74, 6) is 1.79. The van der Waals surface area contributed by atoms with Gasteiger partial charge < -0.3 is 14.7 Å². The first kappa shape index (κ1) is 14.7. The molecule has 0 radical (unpaired) electrons. The number of fused-ring (bicyclic) bond motifs is 1. The second kappa shape index (κ2) is 5.33. The van der Waals surface area contributed by atoms with Gasteiger partial charge in [-0.05, 0) is 43.6 Å². The molecule has 2 aliphatic rings. The van der Waals surface area contributed by atoms with Gasteiger partial charge in [-0.15, -0.1) is 11.3 Å². The maximum absolute atomic E-state index is 12.6. The highest BCUT2D eigenvalue weighted by Gasteiger charge is 2.55. The SMILES string of the molecule is Cc1noc([C@]23CCC[C@H]2CN(C(=O)Nc2cscc2C)C3)n1. The maximum Gasteiger partial charge on any atom is 0.321 e. The Kier molecular flexibility index (Phi) is 3.41. The fraction of sp³-hybridized carbons (Fsp3) is 0.562. The quantitative estimate of drug-likeness (QED) is 0.915. The predicted molar refractivity (Wildman–Crippen MR) is 87.7 cm³/mol. The lowest BCUT2D eigenvalue weighted by Gasteiger charge is -2.24. The van der Waals surface area contributed by atoms with Crippen LogP contribution in [0.4, 0.5) is 10.5 Å². The molecule has 1 aliphatic carbocycles. The van der Waals surface area contributed by atoms with Gasteiger partial charge in [0.1, 0.15) is 0 Å². The lowest BCUT2D eigenvalue weighted by molar-refractivity contribution is 0.214. The van der Waals surface area contributed by atoms with Crippen LogP contribution in [-0.2, 0) is 5.41 Å². The number of carbonyl (C=O) groups excluding carboxylic acids is 1. The molecule has 6 nitrogen and oxygen atoms in total. The molecule has 0 unspecified atom stereocenters. The highest BCUT2D eigenvalue weighted by atomic mass is 32.1. The highest BCUT2D eigenvalue weighted by Crippen LogP contribution is 2.50. The lowest BCUT2D eigenvalue weighted by Crippen LogP contribution is -2.37. The summed E-state index contributed by atoms with van der Waals surface area (Å²) >= 11 is 1.60. The number of aryl methyl sites for hydroxylation is 2. The first-order valence-electron chi connectivity index (χ1n) is 7.98. The Hall–Kier alpha value is -1.89. The van der Waals surface area contributed by atoms with Crippen LogP contribution in [0.2, 0.25) is 0 Å².